The maximum atomic E-state index is 9.99. The largest absolute Gasteiger partial charge is 0.508 e. The second-order valence-corrected chi connectivity index (χ2v) is 4.91. The first kappa shape index (κ1) is 15.0. The van der Waals surface area contributed by atoms with Crippen LogP contribution in [0.4, 0.5) is 0 Å². The van der Waals surface area contributed by atoms with Crippen LogP contribution in [0.3, 0.4) is 0 Å². The predicted molar refractivity (Wildman–Crippen MR) is 74.7 cm³/mol. The Balaban J connectivity index is 2.27. The van der Waals surface area contributed by atoms with Crippen molar-refractivity contribution in [3.05, 3.63) is 29.8 Å². The molecule has 0 aliphatic carbocycles. The smallest absolute Gasteiger partial charge is 0.115 e. The number of aliphatic hydroxyl groups excluding tert-OH is 1. The molecule has 0 heterocycles. The number of hydrogen-bond acceptors (Lipinski definition) is 3. The molecule has 0 aliphatic heterocycles. The van der Waals surface area contributed by atoms with E-state index in [1.165, 1.54) is 19.3 Å². The van der Waals surface area contributed by atoms with Gasteiger partial charge in [0.15, 0.2) is 0 Å². The molecule has 0 radical (unpaired) electrons. The molecular formula is C15H25NO2. The molecule has 2 unspecified atom stereocenters. The Morgan fingerprint density at radius 3 is 2.44 bits per heavy atom. The van der Waals surface area contributed by atoms with Gasteiger partial charge in [0.2, 0.25) is 0 Å². The molecule has 0 fully saturated rings. The van der Waals surface area contributed by atoms with Gasteiger partial charge in [-0.3, -0.25) is 0 Å². The van der Waals surface area contributed by atoms with Gasteiger partial charge < -0.3 is 15.5 Å². The van der Waals surface area contributed by atoms with E-state index >= 15 is 0 Å². The van der Waals surface area contributed by atoms with E-state index in [4.69, 9.17) is 0 Å². The van der Waals surface area contributed by atoms with Crippen molar-refractivity contribution in [2.45, 2.75) is 51.7 Å². The summed E-state index contributed by atoms with van der Waals surface area (Å²) in [6.45, 7) is 4.91. The molecule has 0 bridgehead atoms. The number of phenolic OH excluding ortho intramolecular Hbond substituents is 1. The Hall–Kier alpha value is -1.06. The van der Waals surface area contributed by atoms with Crippen LogP contribution in [0.15, 0.2) is 24.3 Å². The normalized spacial score (nSPS) is 14.4. The van der Waals surface area contributed by atoms with Crippen molar-refractivity contribution in [1.82, 2.24) is 5.32 Å². The number of hydrogen-bond donors (Lipinski definition) is 3. The van der Waals surface area contributed by atoms with Crippen LogP contribution in [0.1, 0.15) is 51.2 Å². The lowest BCUT2D eigenvalue weighted by atomic mass is 10.1. The summed E-state index contributed by atoms with van der Waals surface area (Å²) in [7, 11) is 0. The third-order valence-corrected chi connectivity index (χ3v) is 3.18. The summed E-state index contributed by atoms with van der Waals surface area (Å²) in [4.78, 5) is 0. The molecule has 3 N–H and O–H groups in total. The third kappa shape index (κ3) is 5.52. The first-order chi connectivity index (χ1) is 8.63. The van der Waals surface area contributed by atoms with Gasteiger partial charge in [0, 0.05) is 12.6 Å². The molecule has 0 saturated carbocycles. The van der Waals surface area contributed by atoms with Gasteiger partial charge in [-0.25, -0.2) is 0 Å². The van der Waals surface area contributed by atoms with E-state index in [0.717, 1.165) is 12.0 Å². The fraction of sp³-hybridized carbons (Fsp3) is 0.600. The number of benzene rings is 1. The molecule has 2 atom stereocenters. The SMILES string of the molecule is CCCCCC(C)NCC(O)c1ccc(O)cc1. The summed E-state index contributed by atoms with van der Waals surface area (Å²) in [5.74, 6) is 0.229. The first-order valence-corrected chi connectivity index (χ1v) is 6.84. The fourth-order valence-electron chi connectivity index (χ4n) is 1.93. The van der Waals surface area contributed by atoms with Crippen molar-refractivity contribution in [2.75, 3.05) is 6.54 Å². The number of rotatable bonds is 8. The lowest BCUT2D eigenvalue weighted by Gasteiger charge is -2.17. The van der Waals surface area contributed by atoms with Gasteiger partial charge in [-0.15, -0.1) is 0 Å². The Morgan fingerprint density at radius 2 is 1.83 bits per heavy atom. The molecule has 3 heteroatoms. The number of phenols is 1. The number of unbranched alkanes of at least 4 members (excludes halogenated alkanes) is 2. The number of nitrogens with one attached hydrogen (secondary N) is 1. The minimum atomic E-state index is -0.515. The van der Waals surface area contributed by atoms with Crippen molar-refractivity contribution < 1.29 is 10.2 Å². The van der Waals surface area contributed by atoms with Crippen LogP contribution in [-0.2, 0) is 0 Å². The Labute approximate surface area is 110 Å². The van der Waals surface area contributed by atoms with E-state index in [0.29, 0.717) is 12.6 Å². The highest BCUT2D eigenvalue weighted by molar-refractivity contribution is 5.27. The van der Waals surface area contributed by atoms with E-state index in [2.05, 4.69) is 19.2 Å². The molecule has 0 spiro atoms. The Kier molecular flexibility index (Phi) is 6.76. The zero-order valence-electron chi connectivity index (χ0n) is 11.4. The third-order valence-electron chi connectivity index (χ3n) is 3.18. The van der Waals surface area contributed by atoms with Crippen molar-refractivity contribution >= 4 is 0 Å². The molecular weight excluding hydrogens is 226 g/mol. The minimum Gasteiger partial charge on any atom is -0.508 e. The standard InChI is InChI=1S/C15H25NO2/c1-3-4-5-6-12(2)16-11-15(18)13-7-9-14(17)10-8-13/h7-10,12,15-18H,3-6,11H2,1-2H3. The van der Waals surface area contributed by atoms with Crippen LogP contribution in [-0.4, -0.2) is 22.8 Å². The van der Waals surface area contributed by atoms with E-state index in [1.807, 2.05) is 0 Å². The minimum absolute atomic E-state index is 0.229. The average molecular weight is 251 g/mol. The zero-order chi connectivity index (χ0) is 13.4. The lowest BCUT2D eigenvalue weighted by Crippen LogP contribution is -2.30. The van der Waals surface area contributed by atoms with E-state index in [-0.39, 0.29) is 5.75 Å². The summed E-state index contributed by atoms with van der Waals surface area (Å²) >= 11 is 0. The van der Waals surface area contributed by atoms with E-state index < -0.39 is 6.10 Å². The predicted octanol–water partition coefficient (Wildman–Crippen LogP) is 2.98. The first-order valence-electron chi connectivity index (χ1n) is 6.84. The van der Waals surface area contributed by atoms with Gasteiger partial charge in [0.05, 0.1) is 6.10 Å². The van der Waals surface area contributed by atoms with Gasteiger partial charge in [-0.05, 0) is 31.0 Å². The summed E-state index contributed by atoms with van der Waals surface area (Å²) in [5.41, 5.74) is 0.834. The molecule has 1 aromatic rings. The van der Waals surface area contributed by atoms with Crippen molar-refractivity contribution in [3.63, 3.8) is 0 Å². The van der Waals surface area contributed by atoms with Gasteiger partial charge in [-0.1, -0.05) is 38.3 Å². The zero-order valence-corrected chi connectivity index (χ0v) is 11.4. The van der Waals surface area contributed by atoms with E-state index in [1.54, 1.807) is 24.3 Å². The van der Waals surface area contributed by atoms with Crippen LogP contribution >= 0.6 is 0 Å². The summed E-state index contributed by atoms with van der Waals surface area (Å²) in [5, 5.41) is 22.5. The molecule has 3 nitrogen and oxygen atoms in total. The number of aliphatic hydroxyl groups is 1. The van der Waals surface area contributed by atoms with Crippen molar-refractivity contribution in [2.24, 2.45) is 0 Å². The van der Waals surface area contributed by atoms with Crippen LogP contribution in [0.2, 0.25) is 0 Å². The van der Waals surface area contributed by atoms with Gasteiger partial charge >= 0.3 is 0 Å². The maximum Gasteiger partial charge on any atom is 0.115 e. The second-order valence-electron chi connectivity index (χ2n) is 4.91. The van der Waals surface area contributed by atoms with Gasteiger partial charge in [0.1, 0.15) is 5.75 Å². The summed E-state index contributed by atoms with van der Waals surface area (Å²) in [6, 6.07) is 7.14. The number of aromatic hydroxyl groups is 1. The monoisotopic (exact) mass is 251 g/mol. The van der Waals surface area contributed by atoms with Crippen molar-refractivity contribution in [3.8, 4) is 5.75 Å². The highest BCUT2D eigenvalue weighted by Crippen LogP contribution is 2.16. The molecule has 1 rings (SSSR count). The summed E-state index contributed by atoms with van der Waals surface area (Å²) < 4.78 is 0. The lowest BCUT2D eigenvalue weighted by molar-refractivity contribution is 0.169. The second kappa shape index (κ2) is 8.11. The van der Waals surface area contributed by atoms with Crippen molar-refractivity contribution in [1.29, 1.82) is 0 Å². The molecule has 0 aromatic heterocycles. The average Bonchev–Trinajstić information content (AvgIpc) is 2.37. The topological polar surface area (TPSA) is 52.5 Å². The molecule has 0 aliphatic rings. The highest BCUT2D eigenvalue weighted by Gasteiger charge is 2.09. The molecule has 18 heavy (non-hydrogen) atoms. The Bertz CT molecular complexity index is 324. The maximum absolute atomic E-state index is 9.99. The van der Waals surface area contributed by atoms with E-state index in [9.17, 15) is 10.2 Å². The molecule has 102 valence electrons. The molecule has 1 aromatic carbocycles. The Morgan fingerprint density at radius 1 is 1.17 bits per heavy atom. The highest BCUT2D eigenvalue weighted by atomic mass is 16.3. The van der Waals surface area contributed by atoms with Gasteiger partial charge in [-0.2, -0.15) is 0 Å². The van der Waals surface area contributed by atoms with Crippen LogP contribution in [0.5, 0.6) is 5.75 Å². The van der Waals surface area contributed by atoms with Crippen LogP contribution < -0.4 is 5.32 Å². The van der Waals surface area contributed by atoms with Crippen LogP contribution in [0, 0.1) is 0 Å². The molecule has 0 saturated heterocycles. The summed E-state index contributed by atoms with van der Waals surface area (Å²) in [6.07, 6.45) is 4.38. The van der Waals surface area contributed by atoms with Crippen LogP contribution in [0.25, 0.3) is 0 Å². The quantitative estimate of drug-likeness (QED) is 0.623. The van der Waals surface area contributed by atoms with Gasteiger partial charge in [0.25, 0.3) is 0 Å². The molecule has 0 amide bonds. The fourth-order valence-corrected chi connectivity index (χ4v) is 1.93.